The second-order valence-corrected chi connectivity index (χ2v) is 6.01. The molecule has 1 aliphatic heterocycles. The number of pyridine rings is 2. The lowest BCUT2D eigenvalue weighted by molar-refractivity contribution is -0.120. The van der Waals surface area contributed by atoms with E-state index in [9.17, 15) is 4.79 Å². The molecule has 0 atom stereocenters. The minimum Gasteiger partial charge on any atom is -0.493 e. The third-order valence-electron chi connectivity index (χ3n) is 3.67. The van der Waals surface area contributed by atoms with Crippen LogP contribution in [-0.2, 0) is 4.74 Å². The minimum atomic E-state index is -0.297. The summed E-state index contributed by atoms with van der Waals surface area (Å²) in [6, 6.07) is 6.72. The Kier molecular flexibility index (Phi) is 4.61. The third kappa shape index (κ3) is 3.80. The third-order valence-corrected chi connectivity index (χ3v) is 3.67. The molecular formula is C17H19N3O4. The van der Waals surface area contributed by atoms with E-state index < -0.39 is 0 Å². The maximum Gasteiger partial charge on any atom is 0.258 e. The summed E-state index contributed by atoms with van der Waals surface area (Å²) >= 11 is 0. The number of aromatic nitrogens is 2. The van der Waals surface area contributed by atoms with Crippen LogP contribution >= 0.6 is 0 Å². The molecule has 0 saturated carbocycles. The van der Waals surface area contributed by atoms with Crippen molar-refractivity contribution in [3.8, 4) is 11.6 Å². The number of amides is 1. The Labute approximate surface area is 140 Å². The molecule has 2 aromatic heterocycles. The molecule has 0 radical (unpaired) electrons. The van der Waals surface area contributed by atoms with Crippen molar-refractivity contribution in [3.05, 3.63) is 42.2 Å². The highest BCUT2D eigenvalue weighted by molar-refractivity contribution is 6.03. The lowest BCUT2D eigenvalue weighted by Gasteiger charge is -2.37. The average molecular weight is 329 g/mol. The summed E-state index contributed by atoms with van der Waals surface area (Å²) in [6.07, 6.45) is 3.04. The molecule has 1 aliphatic rings. The van der Waals surface area contributed by atoms with Crippen molar-refractivity contribution >= 4 is 11.7 Å². The van der Waals surface area contributed by atoms with Crippen molar-refractivity contribution in [1.29, 1.82) is 0 Å². The number of hydrogen-bond donors (Lipinski definition) is 1. The van der Waals surface area contributed by atoms with Crippen molar-refractivity contribution in [2.45, 2.75) is 6.92 Å². The van der Waals surface area contributed by atoms with Crippen LogP contribution in [0.15, 0.2) is 36.7 Å². The highest BCUT2D eigenvalue weighted by atomic mass is 16.5. The van der Waals surface area contributed by atoms with Gasteiger partial charge in [0, 0.05) is 29.9 Å². The van der Waals surface area contributed by atoms with Crippen LogP contribution in [-0.4, -0.2) is 42.8 Å². The second kappa shape index (κ2) is 6.84. The van der Waals surface area contributed by atoms with Crippen molar-refractivity contribution in [1.82, 2.24) is 9.97 Å². The number of ether oxygens (including phenoxy) is 3. The van der Waals surface area contributed by atoms with Crippen molar-refractivity contribution in [2.75, 3.05) is 32.2 Å². The quantitative estimate of drug-likeness (QED) is 0.874. The first kappa shape index (κ1) is 16.2. The summed E-state index contributed by atoms with van der Waals surface area (Å²) in [7, 11) is 1.52. The molecule has 0 aliphatic carbocycles. The molecule has 0 unspecified atom stereocenters. The van der Waals surface area contributed by atoms with Gasteiger partial charge in [0.1, 0.15) is 11.6 Å². The van der Waals surface area contributed by atoms with Crippen LogP contribution in [0.2, 0.25) is 0 Å². The summed E-state index contributed by atoms with van der Waals surface area (Å²) in [5.41, 5.74) is 0.476. The number of carbonyl (C=O) groups excluding carboxylic acids is 1. The van der Waals surface area contributed by atoms with Gasteiger partial charge in [-0.15, -0.1) is 0 Å². The summed E-state index contributed by atoms with van der Waals surface area (Å²) in [4.78, 5) is 20.4. The highest BCUT2D eigenvalue weighted by Gasteiger charge is 2.34. The van der Waals surface area contributed by atoms with E-state index >= 15 is 0 Å². The maximum atomic E-state index is 12.2. The zero-order valence-electron chi connectivity index (χ0n) is 13.6. The molecule has 0 spiro atoms. The van der Waals surface area contributed by atoms with Crippen molar-refractivity contribution in [3.63, 3.8) is 0 Å². The van der Waals surface area contributed by atoms with Gasteiger partial charge in [-0.3, -0.25) is 4.79 Å². The Morgan fingerprint density at radius 1 is 1.33 bits per heavy atom. The number of hydrogen-bond acceptors (Lipinski definition) is 6. The number of rotatable bonds is 6. The summed E-state index contributed by atoms with van der Waals surface area (Å²) < 4.78 is 15.9. The van der Waals surface area contributed by atoms with E-state index in [1.165, 1.54) is 13.3 Å². The van der Waals surface area contributed by atoms with Gasteiger partial charge >= 0.3 is 0 Å². The Balaban J connectivity index is 1.61. The van der Waals surface area contributed by atoms with Crippen LogP contribution in [0, 0.1) is 5.41 Å². The molecule has 0 aromatic carbocycles. The number of anilines is 1. The van der Waals surface area contributed by atoms with Crippen LogP contribution < -0.4 is 14.8 Å². The summed E-state index contributed by atoms with van der Waals surface area (Å²) in [6.45, 7) is 4.07. The van der Waals surface area contributed by atoms with E-state index in [0.717, 1.165) is 0 Å². The zero-order chi connectivity index (χ0) is 17.0. The van der Waals surface area contributed by atoms with Gasteiger partial charge in [0.25, 0.3) is 5.91 Å². The fourth-order valence-corrected chi connectivity index (χ4v) is 2.18. The molecule has 3 heterocycles. The Morgan fingerprint density at radius 3 is 2.79 bits per heavy atom. The van der Waals surface area contributed by atoms with Crippen LogP contribution in [0.4, 0.5) is 5.82 Å². The van der Waals surface area contributed by atoms with Crippen LogP contribution in [0.5, 0.6) is 11.6 Å². The predicted molar refractivity (Wildman–Crippen MR) is 87.4 cm³/mol. The van der Waals surface area contributed by atoms with E-state index in [-0.39, 0.29) is 11.3 Å². The first-order valence-electron chi connectivity index (χ1n) is 7.56. The highest BCUT2D eigenvalue weighted by Crippen LogP contribution is 2.28. The van der Waals surface area contributed by atoms with Gasteiger partial charge in [-0.25, -0.2) is 9.97 Å². The van der Waals surface area contributed by atoms with Crippen LogP contribution in [0.3, 0.4) is 0 Å². The predicted octanol–water partition coefficient (Wildman–Crippen LogP) is 2.15. The molecule has 24 heavy (non-hydrogen) atoms. The van der Waals surface area contributed by atoms with E-state index in [0.29, 0.717) is 42.8 Å². The molecule has 0 bridgehead atoms. The molecule has 7 heteroatoms. The molecule has 126 valence electrons. The number of nitrogens with zero attached hydrogens (tertiary/aromatic N) is 2. The first-order chi connectivity index (χ1) is 11.6. The van der Waals surface area contributed by atoms with E-state index in [4.69, 9.17) is 14.2 Å². The van der Waals surface area contributed by atoms with Gasteiger partial charge < -0.3 is 19.5 Å². The van der Waals surface area contributed by atoms with Crippen molar-refractivity contribution in [2.24, 2.45) is 5.41 Å². The van der Waals surface area contributed by atoms with Gasteiger partial charge in [-0.1, -0.05) is 6.92 Å². The average Bonchev–Trinajstić information content (AvgIpc) is 2.58. The van der Waals surface area contributed by atoms with Gasteiger partial charge in [-0.05, 0) is 12.1 Å². The van der Waals surface area contributed by atoms with E-state index in [2.05, 4.69) is 22.2 Å². The molecule has 2 aromatic rings. The standard InChI is InChI=1S/C17H19N3O4/c1-17(9-23-10-17)11-24-13-5-6-18-14(7-13)20-16(21)12-3-4-15(22-2)19-8-12/h3-8H,9-11H2,1-2H3,(H,18,20,21). The lowest BCUT2D eigenvalue weighted by atomic mass is 9.90. The second-order valence-electron chi connectivity index (χ2n) is 6.01. The Hall–Kier alpha value is -2.67. The van der Waals surface area contributed by atoms with Gasteiger partial charge in [0.05, 0.1) is 32.5 Å². The SMILES string of the molecule is COc1ccc(C(=O)Nc2cc(OCC3(C)COC3)ccn2)cn1. The molecule has 1 saturated heterocycles. The topological polar surface area (TPSA) is 82.6 Å². The number of carbonyl (C=O) groups is 1. The molecular weight excluding hydrogens is 310 g/mol. The molecule has 1 amide bonds. The lowest BCUT2D eigenvalue weighted by Crippen LogP contribution is -2.44. The summed E-state index contributed by atoms with van der Waals surface area (Å²) in [5.74, 6) is 1.23. The van der Waals surface area contributed by atoms with Gasteiger partial charge in [0.2, 0.25) is 5.88 Å². The zero-order valence-corrected chi connectivity index (χ0v) is 13.6. The fourth-order valence-electron chi connectivity index (χ4n) is 2.18. The normalized spacial score (nSPS) is 15.2. The Bertz CT molecular complexity index is 714. The smallest absolute Gasteiger partial charge is 0.258 e. The Morgan fingerprint density at radius 2 is 2.17 bits per heavy atom. The monoisotopic (exact) mass is 329 g/mol. The minimum absolute atomic E-state index is 0.0570. The molecule has 1 N–H and O–H groups in total. The molecule has 1 fully saturated rings. The largest absolute Gasteiger partial charge is 0.493 e. The molecule has 7 nitrogen and oxygen atoms in total. The van der Waals surface area contributed by atoms with Gasteiger partial charge in [-0.2, -0.15) is 0 Å². The van der Waals surface area contributed by atoms with Gasteiger partial charge in [0.15, 0.2) is 0 Å². The fraction of sp³-hybridized carbons (Fsp3) is 0.353. The van der Waals surface area contributed by atoms with Crippen molar-refractivity contribution < 1.29 is 19.0 Å². The first-order valence-corrected chi connectivity index (χ1v) is 7.56. The van der Waals surface area contributed by atoms with E-state index in [1.54, 1.807) is 30.5 Å². The number of methoxy groups -OCH3 is 1. The van der Waals surface area contributed by atoms with Crippen LogP contribution in [0.1, 0.15) is 17.3 Å². The molecule has 3 rings (SSSR count). The maximum absolute atomic E-state index is 12.2. The van der Waals surface area contributed by atoms with E-state index in [1.807, 2.05) is 0 Å². The summed E-state index contributed by atoms with van der Waals surface area (Å²) in [5, 5.41) is 2.73. The van der Waals surface area contributed by atoms with Crippen LogP contribution in [0.25, 0.3) is 0 Å². The number of nitrogens with one attached hydrogen (secondary N) is 1.